The Bertz CT molecular complexity index is 709. The molecule has 0 bridgehead atoms. The summed E-state index contributed by atoms with van der Waals surface area (Å²) in [5, 5.41) is 4.44. The van der Waals surface area contributed by atoms with Crippen LogP contribution >= 0.6 is 11.3 Å². The van der Waals surface area contributed by atoms with Crippen LogP contribution in [0, 0.1) is 0 Å². The quantitative estimate of drug-likeness (QED) is 0.714. The van der Waals surface area contributed by atoms with Gasteiger partial charge in [0.05, 0.1) is 16.2 Å². The molecule has 0 radical (unpaired) electrons. The lowest BCUT2D eigenvalue weighted by molar-refractivity contribution is 0.306. The molecule has 0 aliphatic heterocycles. The Hall–Kier alpha value is -1.78. The lowest BCUT2D eigenvalue weighted by Gasteiger charge is -2.19. The zero-order chi connectivity index (χ0) is 14.7. The van der Waals surface area contributed by atoms with Gasteiger partial charge in [-0.15, -0.1) is 11.3 Å². The Kier molecular flexibility index (Phi) is 4.27. The number of pyridine rings is 1. The molecule has 2 heterocycles. The largest absolute Gasteiger partial charge is 0.300 e. The standard InChI is InChI=1S/C17H19N3S/c1-13(17-18-9-10-21-17)11-20(2)12-15-8-7-14-5-3-4-6-16(14)19-15/h3-10,13H,11-12H2,1-2H3/t13-/m0/s1. The van der Waals surface area contributed by atoms with Crippen molar-refractivity contribution < 1.29 is 0 Å². The SMILES string of the molecule is C[C@@H](CN(C)Cc1ccc2ccccc2n1)c1nccs1. The third-order valence-electron chi connectivity index (χ3n) is 3.55. The molecule has 4 heteroatoms. The molecule has 0 saturated carbocycles. The maximum Gasteiger partial charge on any atom is 0.0965 e. The van der Waals surface area contributed by atoms with Gasteiger partial charge in [0, 0.05) is 36.0 Å². The third-order valence-corrected chi connectivity index (χ3v) is 4.55. The molecule has 21 heavy (non-hydrogen) atoms. The molecular formula is C17H19N3S. The number of nitrogens with zero attached hydrogens (tertiary/aromatic N) is 3. The Balaban J connectivity index is 1.67. The highest BCUT2D eigenvalue weighted by atomic mass is 32.1. The molecular weight excluding hydrogens is 278 g/mol. The van der Waals surface area contributed by atoms with Crippen LogP contribution in [0.1, 0.15) is 23.5 Å². The van der Waals surface area contributed by atoms with Crippen LogP contribution in [0.25, 0.3) is 10.9 Å². The first kappa shape index (κ1) is 14.2. The van der Waals surface area contributed by atoms with Gasteiger partial charge in [-0.1, -0.05) is 31.2 Å². The number of hydrogen-bond donors (Lipinski definition) is 0. The number of para-hydroxylation sites is 1. The number of thiazole rings is 1. The maximum atomic E-state index is 4.73. The fourth-order valence-corrected chi connectivity index (χ4v) is 3.25. The summed E-state index contributed by atoms with van der Waals surface area (Å²) >= 11 is 1.73. The van der Waals surface area contributed by atoms with Crippen molar-refractivity contribution >= 4 is 22.2 Å². The molecule has 0 amide bonds. The van der Waals surface area contributed by atoms with Crippen molar-refractivity contribution in [3.8, 4) is 0 Å². The summed E-state index contributed by atoms with van der Waals surface area (Å²) < 4.78 is 0. The molecule has 0 saturated heterocycles. The number of likely N-dealkylation sites (N-methyl/N-ethyl adjacent to an activating group) is 1. The van der Waals surface area contributed by atoms with E-state index in [-0.39, 0.29) is 0 Å². The van der Waals surface area contributed by atoms with Crippen LogP contribution in [0.15, 0.2) is 48.0 Å². The van der Waals surface area contributed by atoms with E-state index in [0.717, 1.165) is 24.3 Å². The predicted octanol–water partition coefficient (Wildman–Crippen LogP) is 3.93. The van der Waals surface area contributed by atoms with E-state index >= 15 is 0 Å². The Labute approximate surface area is 129 Å². The summed E-state index contributed by atoms with van der Waals surface area (Å²) in [5.74, 6) is 0.454. The van der Waals surface area contributed by atoms with Crippen molar-refractivity contribution in [2.45, 2.75) is 19.4 Å². The summed E-state index contributed by atoms with van der Waals surface area (Å²) in [6.45, 7) is 4.08. The van der Waals surface area contributed by atoms with Crippen molar-refractivity contribution in [3.63, 3.8) is 0 Å². The lowest BCUT2D eigenvalue weighted by atomic mass is 10.1. The summed E-state index contributed by atoms with van der Waals surface area (Å²) in [4.78, 5) is 11.4. The molecule has 3 nitrogen and oxygen atoms in total. The van der Waals surface area contributed by atoms with E-state index in [2.05, 4.69) is 48.1 Å². The van der Waals surface area contributed by atoms with Crippen molar-refractivity contribution in [2.24, 2.45) is 0 Å². The molecule has 2 aromatic heterocycles. The van der Waals surface area contributed by atoms with Gasteiger partial charge in [-0.2, -0.15) is 0 Å². The van der Waals surface area contributed by atoms with Crippen LogP contribution < -0.4 is 0 Å². The minimum atomic E-state index is 0.454. The maximum absolute atomic E-state index is 4.73. The van der Waals surface area contributed by atoms with Gasteiger partial charge in [-0.05, 0) is 19.2 Å². The molecule has 0 aliphatic rings. The first-order valence-corrected chi connectivity index (χ1v) is 8.03. The fraction of sp³-hybridized carbons (Fsp3) is 0.294. The van der Waals surface area contributed by atoms with E-state index in [1.807, 2.05) is 23.7 Å². The van der Waals surface area contributed by atoms with Crippen molar-refractivity contribution in [1.29, 1.82) is 0 Å². The van der Waals surface area contributed by atoms with Crippen LogP contribution in [0.3, 0.4) is 0 Å². The van der Waals surface area contributed by atoms with Crippen LogP contribution in [-0.2, 0) is 6.54 Å². The van der Waals surface area contributed by atoms with Crippen LogP contribution in [0.2, 0.25) is 0 Å². The van der Waals surface area contributed by atoms with E-state index < -0.39 is 0 Å². The minimum Gasteiger partial charge on any atom is -0.300 e. The highest BCUT2D eigenvalue weighted by Gasteiger charge is 2.12. The fourth-order valence-electron chi connectivity index (χ4n) is 2.56. The van der Waals surface area contributed by atoms with Gasteiger partial charge in [0.1, 0.15) is 0 Å². The number of benzene rings is 1. The average Bonchev–Trinajstić information content (AvgIpc) is 3.01. The average molecular weight is 297 g/mol. The Morgan fingerprint density at radius 1 is 1.19 bits per heavy atom. The van der Waals surface area contributed by atoms with E-state index in [1.54, 1.807) is 11.3 Å². The first-order valence-electron chi connectivity index (χ1n) is 7.15. The molecule has 0 unspecified atom stereocenters. The second kappa shape index (κ2) is 6.33. The molecule has 0 aliphatic carbocycles. The highest BCUT2D eigenvalue weighted by Crippen LogP contribution is 2.19. The van der Waals surface area contributed by atoms with Gasteiger partial charge in [-0.25, -0.2) is 4.98 Å². The molecule has 1 aromatic carbocycles. The summed E-state index contributed by atoms with van der Waals surface area (Å²) in [7, 11) is 2.14. The van der Waals surface area contributed by atoms with Gasteiger partial charge in [0.15, 0.2) is 0 Å². The zero-order valence-corrected chi connectivity index (χ0v) is 13.2. The molecule has 0 N–H and O–H groups in total. The number of hydrogen-bond acceptors (Lipinski definition) is 4. The van der Waals surface area contributed by atoms with Gasteiger partial charge in [0.2, 0.25) is 0 Å². The molecule has 0 fully saturated rings. The van der Waals surface area contributed by atoms with E-state index in [9.17, 15) is 0 Å². The topological polar surface area (TPSA) is 29.0 Å². The molecule has 3 rings (SSSR count). The molecule has 1 atom stereocenters. The van der Waals surface area contributed by atoms with Gasteiger partial charge >= 0.3 is 0 Å². The normalized spacial score (nSPS) is 12.9. The second-order valence-corrected chi connectivity index (χ2v) is 6.39. The van der Waals surface area contributed by atoms with Crippen molar-refractivity contribution in [3.05, 3.63) is 58.7 Å². The van der Waals surface area contributed by atoms with E-state index in [4.69, 9.17) is 4.98 Å². The Morgan fingerprint density at radius 3 is 2.86 bits per heavy atom. The van der Waals surface area contributed by atoms with Crippen LogP contribution in [-0.4, -0.2) is 28.5 Å². The lowest BCUT2D eigenvalue weighted by Crippen LogP contribution is -2.23. The van der Waals surface area contributed by atoms with E-state index in [0.29, 0.717) is 5.92 Å². The number of rotatable bonds is 5. The van der Waals surface area contributed by atoms with Crippen molar-refractivity contribution in [2.75, 3.05) is 13.6 Å². The van der Waals surface area contributed by atoms with Crippen LogP contribution in [0.4, 0.5) is 0 Å². The molecule has 108 valence electrons. The highest BCUT2D eigenvalue weighted by molar-refractivity contribution is 7.09. The number of aromatic nitrogens is 2. The summed E-state index contributed by atoms with van der Waals surface area (Å²) in [6.07, 6.45) is 1.88. The minimum absolute atomic E-state index is 0.454. The second-order valence-electron chi connectivity index (χ2n) is 5.46. The molecule has 0 spiro atoms. The smallest absolute Gasteiger partial charge is 0.0965 e. The predicted molar refractivity (Wildman–Crippen MR) is 88.6 cm³/mol. The van der Waals surface area contributed by atoms with Gasteiger partial charge < -0.3 is 0 Å². The summed E-state index contributed by atoms with van der Waals surface area (Å²) in [5.41, 5.74) is 2.18. The van der Waals surface area contributed by atoms with Crippen LogP contribution in [0.5, 0.6) is 0 Å². The molecule has 3 aromatic rings. The van der Waals surface area contributed by atoms with Crippen molar-refractivity contribution in [1.82, 2.24) is 14.9 Å². The third kappa shape index (κ3) is 3.46. The van der Waals surface area contributed by atoms with E-state index in [1.165, 1.54) is 10.4 Å². The number of fused-ring (bicyclic) bond motifs is 1. The first-order chi connectivity index (χ1) is 10.2. The zero-order valence-electron chi connectivity index (χ0n) is 12.4. The monoisotopic (exact) mass is 297 g/mol. The van der Waals surface area contributed by atoms with Gasteiger partial charge in [0.25, 0.3) is 0 Å². The summed E-state index contributed by atoms with van der Waals surface area (Å²) in [6, 6.07) is 12.5. The Morgan fingerprint density at radius 2 is 2.05 bits per heavy atom. The van der Waals surface area contributed by atoms with Gasteiger partial charge in [-0.3, -0.25) is 9.88 Å².